The van der Waals surface area contributed by atoms with Gasteiger partial charge in [0.15, 0.2) is 0 Å². The molecule has 0 unspecified atom stereocenters. The standard InChI is InChI=1S/C12H14ClNO3/c13-11-3-1-2-10(14-11)12(15)17-8-9-4-6-16-7-5-9/h1-3,9H,4-8H2. The highest BCUT2D eigenvalue weighted by atomic mass is 35.5. The zero-order valence-electron chi connectivity index (χ0n) is 9.39. The smallest absolute Gasteiger partial charge is 0.356 e. The van der Waals surface area contributed by atoms with E-state index >= 15 is 0 Å². The van der Waals surface area contributed by atoms with Crippen LogP contribution in [0.25, 0.3) is 0 Å². The second kappa shape index (κ2) is 5.98. The number of hydrogen-bond donors (Lipinski definition) is 0. The van der Waals surface area contributed by atoms with Gasteiger partial charge in [-0.15, -0.1) is 0 Å². The van der Waals surface area contributed by atoms with Gasteiger partial charge in [0.1, 0.15) is 10.8 Å². The third-order valence-corrected chi connectivity index (χ3v) is 2.93. The minimum atomic E-state index is -0.418. The van der Waals surface area contributed by atoms with E-state index in [1.807, 2.05) is 0 Å². The summed E-state index contributed by atoms with van der Waals surface area (Å²) in [6, 6.07) is 4.90. The first-order chi connectivity index (χ1) is 8.25. The average molecular weight is 256 g/mol. The summed E-state index contributed by atoms with van der Waals surface area (Å²) in [6.07, 6.45) is 1.88. The lowest BCUT2D eigenvalue weighted by Crippen LogP contribution is -2.22. The Morgan fingerprint density at radius 2 is 2.24 bits per heavy atom. The van der Waals surface area contributed by atoms with Crippen LogP contribution < -0.4 is 0 Å². The van der Waals surface area contributed by atoms with Gasteiger partial charge in [0.2, 0.25) is 0 Å². The van der Waals surface area contributed by atoms with Crippen molar-refractivity contribution >= 4 is 17.6 Å². The minimum Gasteiger partial charge on any atom is -0.461 e. The zero-order valence-corrected chi connectivity index (χ0v) is 10.2. The lowest BCUT2D eigenvalue weighted by molar-refractivity contribution is 0.0181. The van der Waals surface area contributed by atoms with Crippen LogP contribution in [-0.2, 0) is 9.47 Å². The molecule has 0 saturated carbocycles. The maximum absolute atomic E-state index is 11.7. The Kier molecular flexibility index (Phi) is 4.34. The second-order valence-corrected chi connectivity index (χ2v) is 4.39. The van der Waals surface area contributed by atoms with Crippen molar-refractivity contribution < 1.29 is 14.3 Å². The molecule has 1 aromatic rings. The number of carbonyl (C=O) groups excluding carboxylic acids is 1. The van der Waals surface area contributed by atoms with E-state index in [2.05, 4.69) is 4.98 Å². The Morgan fingerprint density at radius 3 is 2.94 bits per heavy atom. The molecule has 0 atom stereocenters. The molecular formula is C12H14ClNO3. The van der Waals surface area contributed by atoms with Gasteiger partial charge >= 0.3 is 5.97 Å². The van der Waals surface area contributed by atoms with Crippen LogP contribution in [0.3, 0.4) is 0 Å². The maximum atomic E-state index is 11.7. The van der Waals surface area contributed by atoms with Gasteiger partial charge in [0, 0.05) is 13.2 Å². The van der Waals surface area contributed by atoms with Crippen LogP contribution in [0, 0.1) is 5.92 Å². The van der Waals surface area contributed by atoms with Crippen LogP contribution in [-0.4, -0.2) is 30.8 Å². The van der Waals surface area contributed by atoms with Gasteiger partial charge in [0.05, 0.1) is 6.61 Å². The molecule has 0 bridgehead atoms. The summed E-state index contributed by atoms with van der Waals surface area (Å²) in [5, 5.41) is 0.297. The van der Waals surface area contributed by atoms with Gasteiger partial charge in [-0.2, -0.15) is 0 Å². The highest BCUT2D eigenvalue weighted by Crippen LogP contribution is 2.15. The van der Waals surface area contributed by atoms with E-state index < -0.39 is 5.97 Å². The number of rotatable bonds is 3. The number of pyridine rings is 1. The number of carbonyl (C=O) groups is 1. The highest BCUT2D eigenvalue weighted by molar-refractivity contribution is 6.29. The van der Waals surface area contributed by atoms with Crippen LogP contribution in [0.1, 0.15) is 23.3 Å². The molecule has 0 amide bonds. The summed E-state index contributed by atoms with van der Waals surface area (Å²) in [6.45, 7) is 1.92. The number of ether oxygens (including phenoxy) is 2. The van der Waals surface area contributed by atoms with E-state index in [-0.39, 0.29) is 5.69 Å². The SMILES string of the molecule is O=C(OCC1CCOCC1)c1cccc(Cl)n1. The molecule has 2 rings (SSSR count). The molecule has 0 spiro atoms. The summed E-state index contributed by atoms with van der Waals surface area (Å²) < 4.78 is 10.4. The summed E-state index contributed by atoms with van der Waals surface area (Å²) in [7, 11) is 0. The first-order valence-electron chi connectivity index (χ1n) is 5.63. The van der Waals surface area contributed by atoms with Crippen molar-refractivity contribution in [3.8, 4) is 0 Å². The van der Waals surface area contributed by atoms with E-state index in [9.17, 15) is 4.79 Å². The third kappa shape index (κ3) is 3.68. The molecule has 1 aliphatic heterocycles. The third-order valence-electron chi connectivity index (χ3n) is 2.72. The molecule has 0 aliphatic carbocycles. The predicted octanol–water partition coefficient (Wildman–Crippen LogP) is 2.32. The molecule has 0 N–H and O–H groups in total. The van der Waals surface area contributed by atoms with Crippen molar-refractivity contribution in [2.24, 2.45) is 5.92 Å². The van der Waals surface area contributed by atoms with Crippen molar-refractivity contribution in [1.82, 2.24) is 4.98 Å². The van der Waals surface area contributed by atoms with Gasteiger partial charge in [-0.25, -0.2) is 9.78 Å². The first-order valence-corrected chi connectivity index (χ1v) is 6.01. The van der Waals surface area contributed by atoms with Crippen LogP contribution >= 0.6 is 11.6 Å². The molecule has 2 heterocycles. The number of halogens is 1. The van der Waals surface area contributed by atoms with E-state index in [1.54, 1.807) is 18.2 Å². The molecule has 1 aliphatic rings. The van der Waals surface area contributed by atoms with Crippen LogP contribution in [0.5, 0.6) is 0 Å². The average Bonchev–Trinajstić information content (AvgIpc) is 2.37. The van der Waals surface area contributed by atoms with Crippen molar-refractivity contribution in [2.45, 2.75) is 12.8 Å². The van der Waals surface area contributed by atoms with Crippen molar-refractivity contribution in [3.05, 3.63) is 29.0 Å². The summed E-state index contributed by atoms with van der Waals surface area (Å²) in [4.78, 5) is 15.6. The Balaban J connectivity index is 1.84. The van der Waals surface area contributed by atoms with Crippen molar-refractivity contribution in [2.75, 3.05) is 19.8 Å². The Hall–Kier alpha value is -1.13. The highest BCUT2D eigenvalue weighted by Gasteiger charge is 2.17. The molecule has 0 radical (unpaired) electrons. The first kappa shape index (κ1) is 12.3. The Bertz CT molecular complexity index is 391. The topological polar surface area (TPSA) is 48.4 Å². The summed E-state index contributed by atoms with van der Waals surface area (Å²) in [5.74, 6) is -0.0223. The molecule has 1 saturated heterocycles. The molecule has 1 fully saturated rings. The largest absolute Gasteiger partial charge is 0.461 e. The lowest BCUT2D eigenvalue weighted by Gasteiger charge is -2.21. The number of hydrogen-bond acceptors (Lipinski definition) is 4. The quantitative estimate of drug-likeness (QED) is 0.614. The van der Waals surface area contributed by atoms with E-state index in [0.717, 1.165) is 26.1 Å². The number of nitrogens with zero attached hydrogens (tertiary/aromatic N) is 1. The number of esters is 1. The zero-order chi connectivity index (χ0) is 12.1. The molecular weight excluding hydrogens is 242 g/mol. The van der Waals surface area contributed by atoms with E-state index in [1.165, 1.54) is 0 Å². The number of aromatic nitrogens is 1. The van der Waals surface area contributed by atoms with Crippen LogP contribution in [0.15, 0.2) is 18.2 Å². The normalized spacial score (nSPS) is 16.8. The van der Waals surface area contributed by atoms with Gasteiger partial charge in [-0.05, 0) is 30.9 Å². The Labute approximate surface area is 105 Å². The monoisotopic (exact) mass is 255 g/mol. The van der Waals surface area contributed by atoms with Crippen LogP contribution in [0.4, 0.5) is 0 Å². The molecule has 1 aromatic heterocycles. The van der Waals surface area contributed by atoms with Crippen molar-refractivity contribution in [1.29, 1.82) is 0 Å². The van der Waals surface area contributed by atoms with Crippen LogP contribution in [0.2, 0.25) is 5.15 Å². The van der Waals surface area contributed by atoms with Gasteiger partial charge in [0.25, 0.3) is 0 Å². The fourth-order valence-electron chi connectivity index (χ4n) is 1.70. The maximum Gasteiger partial charge on any atom is 0.356 e. The second-order valence-electron chi connectivity index (χ2n) is 4.00. The summed E-state index contributed by atoms with van der Waals surface area (Å²) in [5.41, 5.74) is 0.254. The fourth-order valence-corrected chi connectivity index (χ4v) is 1.87. The van der Waals surface area contributed by atoms with Gasteiger partial charge in [-0.1, -0.05) is 17.7 Å². The minimum absolute atomic E-state index is 0.254. The van der Waals surface area contributed by atoms with Gasteiger partial charge < -0.3 is 9.47 Å². The molecule has 4 nitrogen and oxygen atoms in total. The van der Waals surface area contributed by atoms with E-state index in [0.29, 0.717) is 17.7 Å². The predicted molar refractivity (Wildman–Crippen MR) is 63.1 cm³/mol. The lowest BCUT2D eigenvalue weighted by atomic mass is 10.0. The Morgan fingerprint density at radius 1 is 1.47 bits per heavy atom. The molecule has 0 aromatic carbocycles. The fraction of sp³-hybridized carbons (Fsp3) is 0.500. The van der Waals surface area contributed by atoms with E-state index in [4.69, 9.17) is 21.1 Å². The van der Waals surface area contributed by atoms with Gasteiger partial charge in [-0.3, -0.25) is 0 Å². The van der Waals surface area contributed by atoms with Crippen molar-refractivity contribution in [3.63, 3.8) is 0 Å². The molecule has 92 valence electrons. The molecule has 17 heavy (non-hydrogen) atoms. The summed E-state index contributed by atoms with van der Waals surface area (Å²) >= 11 is 5.70. The molecule has 5 heteroatoms.